The van der Waals surface area contributed by atoms with Crippen LogP contribution in [0.3, 0.4) is 0 Å². The van der Waals surface area contributed by atoms with Crippen molar-refractivity contribution < 1.29 is 0 Å². The lowest BCUT2D eigenvalue weighted by atomic mass is 10.1. The highest BCUT2D eigenvalue weighted by molar-refractivity contribution is 6.02. The Labute approximate surface area is 123 Å². The average molecular weight is 270 g/mol. The van der Waals surface area contributed by atoms with Crippen molar-refractivity contribution in [2.75, 3.05) is 5.73 Å². The molecule has 1 aliphatic carbocycles. The van der Waals surface area contributed by atoms with Gasteiger partial charge in [0, 0.05) is 28.4 Å². The van der Waals surface area contributed by atoms with Crippen LogP contribution in [-0.4, -0.2) is 4.57 Å². The van der Waals surface area contributed by atoms with E-state index in [0.29, 0.717) is 0 Å². The zero-order valence-electron chi connectivity index (χ0n) is 11.5. The highest BCUT2D eigenvalue weighted by atomic mass is 15.0. The van der Waals surface area contributed by atoms with Crippen LogP contribution in [0.2, 0.25) is 0 Å². The molecule has 0 saturated heterocycles. The quantitative estimate of drug-likeness (QED) is 0.515. The maximum absolute atomic E-state index is 6.23. The van der Waals surface area contributed by atoms with Crippen LogP contribution in [0, 0.1) is 0 Å². The molecule has 0 saturated carbocycles. The molecule has 0 amide bonds. The molecule has 0 aliphatic heterocycles. The van der Waals surface area contributed by atoms with Crippen molar-refractivity contribution >= 4 is 28.7 Å². The van der Waals surface area contributed by atoms with Gasteiger partial charge >= 0.3 is 0 Å². The number of para-hydroxylation sites is 1. The summed E-state index contributed by atoms with van der Waals surface area (Å²) in [7, 11) is 0. The SMILES string of the molecule is Nc1cccc2c1c1c(n2-c2ccccc2)C=C=CC=C1. The first kappa shape index (κ1) is 11.8. The molecule has 0 bridgehead atoms. The summed E-state index contributed by atoms with van der Waals surface area (Å²) in [6.45, 7) is 0. The van der Waals surface area contributed by atoms with Crippen LogP contribution in [0.1, 0.15) is 11.3 Å². The summed E-state index contributed by atoms with van der Waals surface area (Å²) in [6, 6.07) is 16.4. The lowest BCUT2D eigenvalue weighted by Gasteiger charge is -2.08. The van der Waals surface area contributed by atoms with Gasteiger partial charge in [-0.3, -0.25) is 0 Å². The Bertz CT molecular complexity index is 921. The van der Waals surface area contributed by atoms with Crippen molar-refractivity contribution in [1.29, 1.82) is 0 Å². The number of fused-ring (bicyclic) bond motifs is 3. The Hall–Kier alpha value is -2.96. The fraction of sp³-hybridized carbons (Fsp3) is 0. The van der Waals surface area contributed by atoms with Gasteiger partial charge < -0.3 is 10.3 Å². The lowest BCUT2D eigenvalue weighted by Crippen LogP contribution is -1.96. The van der Waals surface area contributed by atoms with Gasteiger partial charge in [-0.05, 0) is 30.3 Å². The number of anilines is 1. The predicted octanol–water partition coefficient (Wildman–Crippen LogP) is 4.41. The summed E-state index contributed by atoms with van der Waals surface area (Å²) in [6.07, 6.45) is 8.04. The summed E-state index contributed by atoms with van der Waals surface area (Å²) in [5, 5.41) is 1.10. The van der Waals surface area contributed by atoms with Crippen LogP contribution >= 0.6 is 0 Å². The van der Waals surface area contributed by atoms with Gasteiger partial charge in [0.15, 0.2) is 0 Å². The first-order valence-corrected chi connectivity index (χ1v) is 6.94. The van der Waals surface area contributed by atoms with E-state index in [2.05, 4.69) is 34.6 Å². The van der Waals surface area contributed by atoms with Gasteiger partial charge in [-0.2, -0.15) is 0 Å². The zero-order chi connectivity index (χ0) is 14.2. The van der Waals surface area contributed by atoms with Crippen molar-refractivity contribution in [2.45, 2.75) is 0 Å². The van der Waals surface area contributed by atoms with E-state index in [1.54, 1.807) is 0 Å². The van der Waals surface area contributed by atoms with Crippen LogP contribution in [0.5, 0.6) is 0 Å². The normalized spacial score (nSPS) is 12.6. The third-order valence-electron chi connectivity index (χ3n) is 3.79. The summed E-state index contributed by atoms with van der Waals surface area (Å²) >= 11 is 0. The predicted molar refractivity (Wildman–Crippen MR) is 89.3 cm³/mol. The van der Waals surface area contributed by atoms with Crippen molar-refractivity contribution in [3.8, 4) is 5.69 Å². The standard InChI is InChI=1S/C19H14N2/c20-16-11-7-13-18-19(16)15-10-5-2-6-12-17(15)21(18)14-8-3-1-4-9-14/h1-5,7-13H,20H2. The molecule has 2 heteroatoms. The molecular weight excluding hydrogens is 256 g/mol. The van der Waals surface area contributed by atoms with E-state index in [9.17, 15) is 0 Å². The number of allylic oxidation sites excluding steroid dienone is 2. The van der Waals surface area contributed by atoms with E-state index in [1.165, 1.54) is 0 Å². The second-order valence-corrected chi connectivity index (χ2v) is 5.05. The molecule has 4 rings (SSSR count). The van der Waals surface area contributed by atoms with Gasteiger partial charge in [0.2, 0.25) is 0 Å². The number of nitrogens with two attached hydrogens (primary N) is 1. The van der Waals surface area contributed by atoms with Crippen LogP contribution in [-0.2, 0) is 0 Å². The third kappa shape index (κ3) is 1.74. The summed E-state index contributed by atoms with van der Waals surface area (Å²) in [5.41, 5.74) is 14.7. The molecule has 3 aromatic rings. The van der Waals surface area contributed by atoms with E-state index in [4.69, 9.17) is 5.73 Å². The minimum absolute atomic E-state index is 0.804. The van der Waals surface area contributed by atoms with Gasteiger partial charge in [-0.15, -0.1) is 5.73 Å². The minimum atomic E-state index is 0.804. The van der Waals surface area contributed by atoms with Gasteiger partial charge in [-0.25, -0.2) is 0 Å². The molecule has 0 unspecified atom stereocenters. The fourth-order valence-electron chi connectivity index (χ4n) is 2.91. The van der Waals surface area contributed by atoms with Crippen molar-refractivity contribution in [3.05, 3.63) is 77.7 Å². The number of hydrogen-bond acceptors (Lipinski definition) is 1. The molecule has 2 aromatic carbocycles. The first-order valence-electron chi connectivity index (χ1n) is 6.94. The number of rotatable bonds is 1. The van der Waals surface area contributed by atoms with Crippen molar-refractivity contribution in [3.63, 3.8) is 0 Å². The number of nitrogen functional groups attached to an aromatic ring is 1. The highest BCUT2D eigenvalue weighted by Gasteiger charge is 2.17. The smallest absolute Gasteiger partial charge is 0.0618 e. The lowest BCUT2D eigenvalue weighted by molar-refractivity contribution is 1.11. The number of hydrogen-bond donors (Lipinski definition) is 1. The molecule has 0 spiro atoms. The maximum Gasteiger partial charge on any atom is 0.0618 e. The van der Waals surface area contributed by atoms with Gasteiger partial charge in [0.05, 0.1) is 11.2 Å². The average Bonchev–Trinajstić information content (AvgIpc) is 2.67. The maximum atomic E-state index is 6.23. The van der Waals surface area contributed by atoms with Crippen LogP contribution < -0.4 is 5.73 Å². The molecule has 100 valence electrons. The topological polar surface area (TPSA) is 30.9 Å². The minimum Gasteiger partial charge on any atom is -0.398 e. The first-order chi connectivity index (χ1) is 10.4. The second-order valence-electron chi connectivity index (χ2n) is 5.05. The molecule has 0 radical (unpaired) electrons. The summed E-state index contributed by atoms with van der Waals surface area (Å²) < 4.78 is 2.23. The molecule has 0 fully saturated rings. The molecule has 1 aromatic heterocycles. The van der Waals surface area contributed by atoms with Gasteiger partial charge in [0.1, 0.15) is 0 Å². The number of nitrogens with zero attached hydrogens (tertiary/aromatic N) is 1. The Morgan fingerprint density at radius 3 is 2.67 bits per heavy atom. The fourth-order valence-corrected chi connectivity index (χ4v) is 2.91. The van der Waals surface area contributed by atoms with Crippen LogP contribution in [0.25, 0.3) is 28.7 Å². The van der Waals surface area contributed by atoms with Crippen molar-refractivity contribution in [2.24, 2.45) is 0 Å². The van der Waals surface area contributed by atoms with E-state index in [0.717, 1.165) is 33.5 Å². The van der Waals surface area contributed by atoms with Crippen molar-refractivity contribution in [1.82, 2.24) is 4.57 Å². The Morgan fingerprint density at radius 2 is 1.81 bits per heavy atom. The van der Waals surface area contributed by atoms with E-state index in [1.807, 2.05) is 48.6 Å². The Morgan fingerprint density at radius 1 is 0.952 bits per heavy atom. The molecule has 1 heterocycles. The van der Waals surface area contributed by atoms with E-state index < -0.39 is 0 Å². The van der Waals surface area contributed by atoms with Gasteiger partial charge in [0.25, 0.3) is 0 Å². The summed E-state index contributed by atoms with van der Waals surface area (Å²) in [4.78, 5) is 0. The molecular formula is C19H14N2. The van der Waals surface area contributed by atoms with Crippen LogP contribution in [0.4, 0.5) is 5.69 Å². The molecule has 2 nitrogen and oxygen atoms in total. The molecule has 0 atom stereocenters. The monoisotopic (exact) mass is 270 g/mol. The number of aromatic nitrogens is 1. The molecule has 2 N–H and O–H groups in total. The van der Waals surface area contributed by atoms with Crippen LogP contribution in [0.15, 0.2) is 66.4 Å². The number of benzene rings is 2. The second kappa shape index (κ2) is 4.55. The molecule has 21 heavy (non-hydrogen) atoms. The highest BCUT2D eigenvalue weighted by Crippen LogP contribution is 2.35. The molecule has 1 aliphatic rings. The Balaban J connectivity index is 2.21. The third-order valence-corrected chi connectivity index (χ3v) is 3.79. The Kier molecular flexibility index (Phi) is 2.56. The zero-order valence-corrected chi connectivity index (χ0v) is 11.5. The van der Waals surface area contributed by atoms with E-state index >= 15 is 0 Å². The largest absolute Gasteiger partial charge is 0.398 e. The summed E-state index contributed by atoms with van der Waals surface area (Å²) in [5.74, 6) is 0. The van der Waals surface area contributed by atoms with Gasteiger partial charge in [-0.1, -0.05) is 36.4 Å². The van der Waals surface area contributed by atoms with E-state index in [-0.39, 0.29) is 0 Å².